The number of carboxylic acid groups (broad SMARTS) is 1. The monoisotopic (exact) mass is 228 g/mol. The molecular weight excluding hydrogens is 219 g/mol. The number of carbonyl (C=O) groups is 1. The number of carboxylic acids is 1. The zero-order valence-electron chi connectivity index (χ0n) is 8.36. The van der Waals surface area contributed by atoms with Crippen molar-refractivity contribution in [3.63, 3.8) is 0 Å². The van der Waals surface area contributed by atoms with Crippen molar-refractivity contribution in [3.05, 3.63) is 17.4 Å². The highest BCUT2D eigenvalue weighted by Gasteiger charge is 2.30. The van der Waals surface area contributed by atoms with Gasteiger partial charge in [-0.3, -0.25) is 4.79 Å². The number of hydrogen-bond acceptors (Lipinski definition) is 4. The third-order valence-corrected chi connectivity index (χ3v) is 2.43. The van der Waals surface area contributed by atoms with Crippen LogP contribution in [-0.4, -0.2) is 23.0 Å². The van der Waals surface area contributed by atoms with Crippen molar-refractivity contribution in [1.82, 2.24) is 0 Å². The summed E-state index contributed by atoms with van der Waals surface area (Å²) < 4.78 is 23.2. The fourth-order valence-corrected chi connectivity index (χ4v) is 1.55. The Morgan fingerprint density at radius 3 is 2.88 bits per heavy atom. The van der Waals surface area contributed by atoms with Crippen molar-refractivity contribution in [2.75, 3.05) is 6.79 Å². The number of rotatable bonds is 2. The molecule has 1 atom stereocenters. The van der Waals surface area contributed by atoms with Crippen LogP contribution in [0.3, 0.4) is 0 Å². The van der Waals surface area contributed by atoms with E-state index in [-0.39, 0.29) is 23.9 Å². The second-order valence-electron chi connectivity index (χ2n) is 3.41. The average molecular weight is 228 g/mol. The van der Waals surface area contributed by atoms with E-state index in [1.807, 2.05) is 0 Å². The molecule has 1 unspecified atom stereocenters. The summed E-state index contributed by atoms with van der Waals surface area (Å²) in [5, 5.41) is 18.4. The first-order valence-corrected chi connectivity index (χ1v) is 4.56. The average Bonchev–Trinajstić information content (AvgIpc) is 2.66. The molecule has 0 aromatic heterocycles. The van der Waals surface area contributed by atoms with Crippen molar-refractivity contribution in [1.29, 1.82) is 0 Å². The fourth-order valence-electron chi connectivity index (χ4n) is 1.55. The Hall–Kier alpha value is -1.98. The van der Waals surface area contributed by atoms with Gasteiger partial charge in [-0.1, -0.05) is 0 Å². The lowest BCUT2D eigenvalue weighted by atomic mass is 9.98. The normalized spacial score (nSPS) is 14.9. The number of phenols is 1. The van der Waals surface area contributed by atoms with E-state index in [1.165, 1.54) is 6.92 Å². The van der Waals surface area contributed by atoms with Gasteiger partial charge in [0.1, 0.15) is 0 Å². The Balaban J connectivity index is 2.63. The van der Waals surface area contributed by atoms with Gasteiger partial charge in [0.15, 0.2) is 23.1 Å². The summed E-state index contributed by atoms with van der Waals surface area (Å²) in [5.74, 6) is -3.69. The summed E-state index contributed by atoms with van der Waals surface area (Å²) in [6, 6.07) is 0.968. The minimum atomic E-state index is -1.18. The first-order chi connectivity index (χ1) is 7.52. The van der Waals surface area contributed by atoms with Gasteiger partial charge in [0, 0.05) is 6.07 Å². The quantitative estimate of drug-likeness (QED) is 0.801. The van der Waals surface area contributed by atoms with Crippen LogP contribution < -0.4 is 9.47 Å². The lowest BCUT2D eigenvalue weighted by molar-refractivity contribution is -0.138. The van der Waals surface area contributed by atoms with Crippen LogP contribution in [-0.2, 0) is 4.79 Å². The third-order valence-electron chi connectivity index (χ3n) is 2.43. The van der Waals surface area contributed by atoms with Crippen molar-refractivity contribution in [2.24, 2.45) is 0 Å². The van der Waals surface area contributed by atoms with E-state index in [9.17, 15) is 14.3 Å². The third kappa shape index (κ3) is 1.42. The van der Waals surface area contributed by atoms with E-state index in [0.29, 0.717) is 0 Å². The summed E-state index contributed by atoms with van der Waals surface area (Å²) in [5.41, 5.74) is -0.0972. The van der Waals surface area contributed by atoms with Gasteiger partial charge in [-0.15, -0.1) is 0 Å². The molecule has 0 amide bonds. The molecule has 0 saturated carbocycles. The number of aliphatic carboxylic acids is 1. The standard InChI is InChI=1S/C10H9FO5/c1-4(10(13)14)7-8(12)5(11)2-6-9(7)16-3-15-6/h2,4,12H,3H2,1H3,(H,13,14). The number of aromatic hydroxyl groups is 1. The zero-order chi connectivity index (χ0) is 11.9. The smallest absolute Gasteiger partial charge is 0.310 e. The number of phenolic OH excluding ortho intramolecular Hbond substituents is 1. The van der Waals surface area contributed by atoms with E-state index >= 15 is 0 Å². The van der Waals surface area contributed by atoms with Gasteiger partial charge in [0.25, 0.3) is 0 Å². The summed E-state index contributed by atoms with van der Waals surface area (Å²) in [6.45, 7) is 1.22. The number of fused-ring (bicyclic) bond motifs is 1. The molecule has 86 valence electrons. The predicted molar refractivity (Wildman–Crippen MR) is 50.2 cm³/mol. The lowest BCUT2D eigenvalue weighted by Crippen LogP contribution is -2.09. The molecule has 0 aliphatic carbocycles. The van der Waals surface area contributed by atoms with Crippen molar-refractivity contribution in [2.45, 2.75) is 12.8 Å². The highest BCUT2D eigenvalue weighted by molar-refractivity contribution is 5.79. The topological polar surface area (TPSA) is 76.0 Å². The molecule has 2 N–H and O–H groups in total. The maximum Gasteiger partial charge on any atom is 0.310 e. The summed E-state index contributed by atoms with van der Waals surface area (Å²) in [4.78, 5) is 10.8. The first-order valence-electron chi connectivity index (χ1n) is 4.56. The number of hydrogen-bond donors (Lipinski definition) is 2. The molecule has 5 nitrogen and oxygen atoms in total. The van der Waals surface area contributed by atoms with Gasteiger partial charge in [0.2, 0.25) is 6.79 Å². The molecule has 16 heavy (non-hydrogen) atoms. The second kappa shape index (κ2) is 3.55. The summed E-state index contributed by atoms with van der Waals surface area (Å²) >= 11 is 0. The molecule has 6 heteroatoms. The summed E-state index contributed by atoms with van der Waals surface area (Å²) in [6.07, 6.45) is 0. The maximum absolute atomic E-state index is 13.3. The van der Waals surface area contributed by atoms with Gasteiger partial charge >= 0.3 is 5.97 Å². The first kappa shape index (κ1) is 10.5. The Kier molecular flexibility index (Phi) is 2.34. The molecule has 0 bridgehead atoms. The molecule has 0 fully saturated rings. The van der Waals surface area contributed by atoms with Crippen LogP contribution in [0, 0.1) is 5.82 Å². The molecule has 1 aromatic rings. The van der Waals surface area contributed by atoms with Crippen LogP contribution >= 0.6 is 0 Å². The molecule has 0 radical (unpaired) electrons. The number of benzene rings is 1. The lowest BCUT2D eigenvalue weighted by Gasteiger charge is -2.12. The Labute approximate surface area is 90.0 Å². The van der Waals surface area contributed by atoms with Gasteiger partial charge in [-0.2, -0.15) is 0 Å². The van der Waals surface area contributed by atoms with E-state index in [2.05, 4.69) is 0 Å². The van der Waals surface area contributed by atoms with Crippen molar-refractivity contribution < 1.29 is 28.9 Å². The largest absolute Gasteiger partial charge is 0.505 e. The van der Waals surface area contributed by atoms with Gasteiger partial charge in [0.05, 0.1) is 11.5 Å². The van der Waals surface area contributed by atoms with Gasteiger partial charge in [-0.05, 0) is 6.92 Å². The van der Waals surface area contributed by atoms with Crippen LogP contribution in [0.25, 0.3) is 0 Å². The predicted octanol–water partition coefficient (Wildman–Crippen LogP) is 1.45. The van der Waals surface area contributed by atoms with Crippen LogP contribution in [0.5, 0.6) is 17.2 Å². The zero-order valence-corrected chi connectivity index (χ0v) is 8.36. The minimum absolute atomic E-state index is 0.0915. The molecule has 1 aromatic carbocycles. The molecule has 2 rings (SSSR count). The van der Waals surface area contributed by atoms with Gasteiger partial charge < -0.3 is 19.7 Å². The van der Waals surface area contributed by atoms with E-state index in [4.69, 9.17) is 14.6 Å². The van der Waals surface area contributed by atoms with E-state index in [1.54, 1.807) is 0 Å². The fraction of sp³-hybridized carbons (Fsp3) is 0.300. The Morgan fingerprint density at radius 1 is 1.56 bits per heavy atom. The molecule has 0 spiro atoms. The highest BCUT2D eigenvalue weighted by Crippen LogP contribution is 2.45. The van der Waals surface area contributed by atoms with Crippen LogP contribution in [0.2, 0.25) is 0 Å². The second-order valence-corrected chi connectivity index (χ2v) is 3.41. The van der Waals surface area contributed by atoms with Gasteiger partial charge in [-0.25, -0.2) is 4.39 Å². The number of halogens is 1. The number of ether oxygens (including phenoxy) is 2. The van der Waals surface area contributed by atoms with E-state index in [0.717, 1.165) is 6.07 Å². The van der Waals surface area contributed by atoms with Crippen molar-refractivity contribution in [3.8, 4) is 17.2 Å². The van der Waals surface area contributed by atoms with Crippen LogP contribution in [0.15, 0.2) is 6.07 Å². The molecule has 1 aliphatic heterocycles. The molecular formula is C10H9FO5. The summed E-state index contributed by atoms with van der Waals surface area (Å²) in [7, 11) is 0. The minimum Gasteiger partial charge on any atom is -0.505 e. The SMILES string of the molecule is CC(C(=O)O)c1c(O)c(F)cc2c1OCO2. The Morgan fingerprint density at radius 2 is 2.25 bits per heavy atom. The van der Waals surface area contributed by atoms with Crippen molar-refractivity contribution >= 4 is 5.97 Å². The van der Waals surface area contributed by atoms with Crippen LogP contribution in [0.1, 0.15) is 18.4 Å². The highest BCUT2D eigenvalue weighted by atomic mass is 19.1. The van der Waals surface area contributed by atoms with Crippen LogP contribution in [0.4, 0.5) is 4.39 Å². The molecule has 1 heterocycles. The molecule has 0 saturated heterocycles. The molecule has 1 aliphatic rings. The maximum atomic E-state index is 13.3. The Bertz CT molecular complexity index is 457. The van der Waals surface area contributed by atoms with E-state index < -0.39 is 23.5 Å².